The molecule has 0 spiro atoms. The van der Waals surface area contributed by atoms with Crippen LogP contribution in [0, 0.1) is 6.92 Å². The van der Waals surface area contributed by atoms with Crippen LogP contribution in [0.5, 0.6) is 0 Å². The summed E-state index contributed by atoms with van der Waals surface area (Å²) in [5.41, 5.74) is 0. The SMILES string of the molecule is Cc1ccc(CNc2ncc(Br)cc2Cl)o1. The zero-order valence-corrected chi connectivity index (χ0v) is 11.0. The molecule has 0 atom stereocenters. The van der Waals surface area contributed by atoms with Crippen LogP contribution in [0.25, 0.3) is 0 Å². The number of furan rings is 1. The number of rotatable bonds is 3. The molecule has 5 heteroatoms. The minimum absolute atomic E-state index is 0.572. The fourth-order valence-electron chi connectivity index (χ4n) is 1.30. The molecule has 0 saturated carbocycles. The van der Waals surface area contributed by atoms with Gasteiger partial charge in [0.25, 0.3) is 0 Å². The molecule has 0 radical (unpaired) electrons. The first-order valence-electron chi connectivity index (χ1n) is 4.75. The highest BCUT2D eigenvalue weighted by molar-refractivity contribution is 9.10. The summed E-state index contributed by atoms with van der Waals surface area (Å²) < 4.78 is 6.28. The monoisotopic (exact) mass is 300 g/mol. The molecule has 0 fully saturated rings. The van der Waals surface area contributed by atoms with Gasteiger partial charge in [0.15, 0.2) is 0 Å². The molecule has 16 heavy (non-hydrogen) atoms. The molecule has 2 aromatic rings. The summed E-state index contributed by atoms with van der Waals surface area (Å²) in [6, 6.07) is 5.65. The number of aryl methyl sites for hydroxylation is 1. The first-order chi connectivity index (χ1) is 7.65. The molecule has 0 aliphatic rings. The average molecular weight is 302 g/mol. The van der Waals surface area contributed by atoms with Gasteiger partial charge in [-0.15, -0.1) is 0 Å². The summed E-state index contributed by atoms with van der Waals surface area (Å²) in [5, 5.41) is 3.69. The number of halogens is 2. The quantitative estimate of drug-likeness (QED) is 0.931. The van der Waals surface area contributed by atoms with Crippen LogP contribution in [0.2, 0.25) is 5.02 Å². The van der Waals surface area contributed by atoms with E-state index in [0.717, 1.165) is 16.0 Å². The molecule has 2 rings (SSSR count). The summed E-state index contributed by atoms with van der Waals surface area (Å²) >= 11 is 9.32. The maximum absolute atomic E-state index is 6.02. The fourth-order valence-corrected chi connectivity index (χ4v) is 1.99. The molecule has 0 unspecified atom stereocenters. The Morgan fingerprint density at radius 3 is 2.94 bits per heavy atom. The van der Waals surface area contributed by atoms with E-state index in [-0.39, 0.29) is 0 Å². The highest BCUT2D eigenvalue weighted by Crippen LogP contribution is 2.23. The topological polar surface area (TPSA) is 38.1 Å². The van der Waals surface area contributed by atoms with E-state index in [0.29, 0.717) is 17.4 Å². The van der Waals surface area contributed by atoms with Crippen LogP contribution in [0.3, 0.4) is 0 Å². The van der Waals surface area contributed by atoms with Gasteiger partial charge >= 0.3 is 0 Å². The number of anilines is 1. The average Bonchev–Trinajstić information content (AvgIpc) is 2.63. The van der Waals surface area contributed by atoms with Crippen LogP contribution in [0.4, 0.5) is 5.82 Å². The highest BCUT2D eigenvalue weighted by Gasteiger charge is 2.03. The largest absolute Gasteiger partial charge is 0.465 e. The van der Waals surface area contributed by atoms with Crippen LogP contribution in [-0.4, -0.2) is 4.98 Å². The van der Waals surface area contributed by atoms with E-state index in [1.54, 1.807) is 12.3 Å². The Bertz CT molecular complexity index is 498. The van der Waals surface area contributed by atoms with Crippen molar-refractivity contribution in [3.05, 3.63) is 45.4 Å². The van der Waals surface area contributed by atoms with E-state index in [4.69, 9.17) is 16.0 Å². The lowest BCUT2D eigenvalue weighted by Gasteiger charge is -2.05. The summed E-state index contributed by atoms with van der Waals surface area (Å²) in [7, 11) is 0. The lowest BCUT2D eigenvalue weighted by atomic mass is 10.4. The van der Waals surface area contributed by atoms with Crippen molar-refractivity contribution in [2.75, 3.05) is 5.32 Å². The third-order valence-electron chi connectivity index (χ3n) is 2.03. The molecule has 1 N–H and O–H groups in total. The third-order valence-corrected chi connectivity index (χ3v) is 2.76. The molecule has 0 saturated heterocycles. The number of nitrogens with one attached hydrogen (secondary N) is 1. The van der Waals surface area contributed by atoms with E-state index in [1.807, 2.05) is 19.1 Å². The van der Waals surface area contributed by atoms with Gasteiger partial charge in [-0.3, -0.25) is 0 Å². The molecule has 3 nitrogen and oxygen atoms in total. The molecule has 0 bridgehead atoms. The lowest BCUT2D eigenvalue weighted by molar-refractivity contribution is 0.490. The van der Waals surface area contributed by atoms with Crippen molar-refractivity contribution in [1.82, 2.24) is 4.98 Å². The van der Waals surface area contributed by atoms with E-state index in [2.05, 4.69) is 26.2 Å². The van der Waals surface area contributed by atoms with Crippen molar-refractivity contribution in [2.45, 2.75) is 13.5 Å². The zero-order chi connectivity index (χ0) is 11.5. The maximum atomic E-state index is 6.02. The summed E-state index contributed by atoms with van der Waals surface area (Å²) in [4.78, 5) is 4.17. The molecular formula is C11H10BrClN2O. The Morgan fingerprint density at radius 1 is 1.50 bits per heavy atom. The Kier molecular flexibility index (Phi) is 3.51. The van der Waals surface area contributed by atoms with E-state index >= 15 is 0 Å². The Hall–Kier alpha value is -1.00. The fraction of sp³-hybridized carbons (Fsp3) is 0.182. The molecule has 0 amide bonds. The van der Waals surface area contributed by atoms with Gasteiger partial charge in [0.2, 0.25) is 0 Å². The lowest BCUT2D eigenvalue weighted by Crippen LogP contribution is -2.00. The van der Waals surface area contributed by atoms with E-state index < -0.39 is 0 Å². The predicted molar refractivity (Wildman–Crippen MR) is 67.7 cm³/mol. The number of hydrogen-bond acceptors (Lipinski definition) is 3. The van der Waals surface area contributed by atoms with Crippen LogP contribution in [-0.2, 0) is 6.54 Å². The molecule has 84 valence electrons. The van der Waals surface area contributed by atoms with Crippen LogP contribution in [0.15, 0.2) is 33.3 Å². The Labute approximate surface area is 107 Å². The Morgan fingerprint density at radius 2 is 2.31 bits per heavy atom. The maximum Gasteiger partial charge on any atom is 0.145 e. The molecule has 2 aromatic heterocycles. The normalized spacial score (nSPS) is 10.4. The van der Waals surface area contributed by atoms with Crippen molar-refractivity contribution in [3.8, 4) is 0 Å². The molecule has 2 heterocycles. The van der Waals surface area contributed by atoms with Crippen molar-refractivity contribution >= 4 is 33.3 Å². The second kappa shape index (κ2) is 4.89. The molecule has 0 aliphatic carbocycles. The summed E-state index contributed by atoms with van der Waals surface area (Å²) in [6.45, 7) is 2.48. The van der Waals surface area contributed by atoms with Gasteiger partial charge in [0, 0.05) is 10.7 Å². The van der Waals surface area contributed by atoms with Gasteiger partial charge in [0.1, 0.15) is 17.3 Å². The number of pyridine rings is 1. The van der Waals surface area contributed by atoms with Gasteiger partial charge < -0.3 is 9.73 Å². The van der Waals surface area contributed by atoms with Gasteiger partial charge in [0.05, 0.1) is 11.6 Å². The first-order valence-corrected chi connectivity index (χ1v) is 5.92. The molecule has 0 aromatic carbocycles. The standard InChI is InChI=1S/C11H10BrClN2O/c1-7-2-3-9(16-7)6-15-11-10(13)4-8(12)5-14-11/h2-5H,6H2,1H3,(H,14,15). The van der Waals surface area contributed by atoms with E-state index in [1.165, 1.54) is 0 Å². The summed E-state index contributed by atoms with van der Waals surface area (Å²) in [6.07, 6.45) is 1.70. The van der Waals surface area contributed by atoms with Crippen molar-refractivity contribution in [3.63, 3.8) is 0 Å². The minimum atomic E-state index is 0.572. The van der Waals surface area contributed by atoms with Crippen LogP contribution < -0.4 is 5.32 Å². The van der Waals surface area contributed by atoms with Gasteiger partial charge in [-0.25, -0.2) is 4.98 Å². The highest BCUT2D eigenvalue weighted by atomic mass is 79.9. The van der Waals surface area contributed by atoms with E-state index in [9.17, 15) is 0 Å². The van der Waals surface area contributed by atoms with Gasteiger partial charge in [-0.1, -0.05) is 11.6 Å². The van der Waals surface area contributed by atoms with Crippen molar-refractivity contribution < 1.29 is 4.42 Å². The number of aromatic nitrogens is 1. The van der Waals surface area contributed by atoms with Crippen LogP contribution in [0.1, 0.15) is 11.5 Å². The van der Waals surface area contributed by atoms with Gasteiger partial charge in [-0.2, -0.15) is 0 Å². The predicted octanol–water partition coefficient (Wildman–Crippen LogP) is 4.01. The van der Waals surface area contributed by atoms with Crippen molar-refractivity contribution in [1.29, 1.82) is 0 Å². The first kappa shape index (κ1) is 11.5. The molecule has 0 aliphatic heterocycles. The Balaban J connectivity index is 2.04. The van der Waals surface area contributed by atoms with Crippen LogP contribution >= 0.6 is 27.5 Å². The second-order valence-electron chi connectivity index (χ2n) is 3.35. The third kappa shape index (κ3) is 2.77. The number of hydrogen-bond donors (Lipinski definition) is 1. The van der Waals surface area contributed by atoms with Crippen molar-refractivity contribution in [2.24, 2.45) is 0 Å². The smallest absolute Gasteiger partial charge is 0.145 e. The molecular weight excluding hydrogens is 291 g/mol. The second-order valence-corrected chi connectivity index (χ2v) is 4.67. The van der Waals surface area contributed by atoms with Gasteiger partial charge in [-0.05, 0) is 41.1 Å². The number of nitrogens with zero attached hydrogens (tertiary/aromatic N) is 1. The summed E-state index contributed by atoms with van der Waals surface area (Å²) in [5.74, 6) is 2.41. The minimum Gasteiger partial charge on any atom is -0.465 e. The zero-order valence-electron chi connectivity index (χ0n) is 8.63.